The quantitative estimate of drug-likeness (QED) is 0.707. The lowest BCUT2D eigenvalue weighted by Gasteiger charge is -2.35. The maximum atomic E-state index is 4.39. The van der Waals surface area contributed by atoms with Gasteiger partial charge in [-0.05, 0) is 13.8 Å². The maximum Gasteiger partial charge on any atom is 0.150 e. The maximum absolute atomic E-state index is 4.39. The Morgan fingerprint density at radius 3 is 2.93 bits per heavy atom. The molecule has 4 heteroatoms. The second-order valence-electron chi connectivity index (χ2n) is 3.71. The lowest BCUT2D eigenvalue weighted by molar-refractivity contribution is 0.495. The summed E-state index contributed by atoms with van der Waals surface area (Å²) in [4.78, 5) is 11.0. The molecule has 1 fully saturated rings. The van der Waals surface area contributed by atoms with Gasteiger partial charge < -0.3 is 10.2 Å². The van der Waals surface area contributed by atoms with Crippen molar-refractivity contribution in [3.8, 4) is 0 Å². The van der Waals surface area contributed by atoms with Crippen LogP contribution in [0.4, 0.5) is 5.82 Å². The lowest BCUT2D eigenvalue weighted by atomic mass is 10.2. The highest BCUT2D eigenvalue weighted by molar-refractivity contribution is 5.43. The highest BCUT2D eigenvalue weighted by atomic mass is 15.3. The molecule has 2 heterocycles. The van der Waals surface area contributed by atoms with Crippen LogP contribution in [0, 0.1) is 6.92 Å². The first-order valence-electron chi connectivity index (χ1n) is 5.04. The first-order chi connectivity index (χ1) is 6.79. The Hall–Kier alpha value is -1.16. The summed E-state index contributed by atoms with van der Waals surface area (Å²) in [5, 5.41) is 3.36. The number of piperazine rings is 1. The van der Waals surface area contributed by atoms with Crippen molar-refractivity contribution in [1.82, 2.24) is 15.3 Å². The molecule has 0 aliphatic carbocycles. The van der Waals surface area contributed by atoms with Crippen molar-refractivity contribution < 1.29 is 0 Å². The van der Waals surface area contributed by atoms with Crippen molar-refractivity contribution in [1.29, 1.82) is 0 Å². The van der Waals surface area contributed by atoms with Gasteiger partial charge in [0, 0.05) is 38.1 Å². The Balaban J connectivity index is 2.25. The largest absolute Gasteiger partial charge is 0.350 e. The molecule has 1 aromatic heterocycles. The molecule has 0 spiro atoms. The molecule has 1 aliphatic rings. The number of rotatable bonds is 1. The van der Waals surface area contributed by atoms with E-state index in [0.29, 0.717) is 6.04 Å². The monoisotopic (exact) mass is 192 g/mol. The van der Waals surface area contributed by atoms with Crippen LogP contribution in [-0.2, 0) is 0 Å². The minimum atomic E-state index is 0.499. The summed E-state index contributed by atoms with van der Waals surface area (Å²) in [7, 11) is 0. The molecule has 76 valence electrons. The zero-order valence-corrected chi connectivity index (χ0v) is 8.70. The summed E-state index contributed by atoms with van der Waals surface area (Å²) in [5.41, 5.74) is 1.02. The highest BCUT2D eigenvalue weighted by Crippen LogP contribution is 2.17. The fourth-order valence-electron chi connectivity index (χ4n) is 1.84. The number of nitrogens with one attached hydrogen (secondary N) is 1. The van der Waals surface area contributed by atoms with Crippen molar-refractivity contribution in [2.45, 2.75) is 19.9 Å². The Morgan fingerprint density at radius 2 is 2.21 bits per heavy atom. The predicted molar refractivity (Wildman–Crippen MR) is 56.4 cm³/mol. The first-order valence-corrected chi connectivity index (χ1v) is 5.04. The average molecular weight is 192 g/mol. The van der Waals surface area contributed by atoms with Crippen molar-refractivity contribution in [3.05, 3.63) is 18.1 Å². The number of hydrogen-bond acceptors (Lipinski definition) is 4. The van der Waals surface area contributed by atoms with Gasteiger partial charge in [-0.1, -0.05) is 0 Å². The summed E-state index contributed by atoms with van der Waals surface area (Å²) < 4.78 is 0. The van der Waals surface area contributed by atoms with E-state index >= 15 is 0 Å². The van der Waals surface area contributed by atoms with E-state index in [-0.39, 0.29) is 0 Å². The normalized spacial score (nSPS) is 22.4. The molecule has 0 radical (unpaired) electrons. The Labute approximate surface area is 84.4 Å². The topological polar surface area (TPSA) is 41.1 Å². The van der Waals surface area contributed by atoms with Crippen LogP contribution in [0.3, 0.4) is 0 Å². The number of aryl methyl sites for hydroxylation is 1. The van der Waals surface area contributed by atoms with Crippen LogP contribution in [-0.4, -0.2) is 35.6 Å². The molecular weight excluding hydrogens is 176 g/mol. The summed E-state index contributed by atoms with van der Waals surface area (Å²) in [6.45, 7) is 7.29. The van der Waals surface area contributed by atoms with E-state index in [4.69, 9.17) is 0 Å². The van der Waals surface area contributed by atoms with E-state index in [1.807, 2.05) is 6.92 Å². The van der Waals surface area contributed by atoms with Gasteiger partial charge in [-0.15, -0.1) is 0 Å². The summed E-state index contributed by atoms with van der Waals surface area (Å²) >= 11 is 0. The number of aromatic nitrogens is 2. The van der Waals surface area contributed by atoms with Crippen LogP contribution in [0.5, 0.6) is 0 Å². The molecule has 0 bridgehead atoms. The predicted octanol–water partition coefficient (Wildman–Crippen LogP) is 0.583. The van der Waals surface area contributed by atoms with Crippen LogP contribution >= 0.6 is 0 Å². The molecule has 1 unspecified atom stereocenters. The smallest absolute Gasteiger partial charge is 0.150 e. The van der Waals surface area contributed by atoms with Crippen LogP contribution < -0.4 is 10.2 Å². The van der Waals surface area contributed by atoms with Gasteiger partial charge in [0.15, 0.2) is 0 Å². The third-order valence-electron chi connectivity index (χ3n) is 2.63. The molecule has 1 aliphatic heterocycles. The highest BCUT2D eigenvalue weighted by Gasteiger charge is 2.20. The van der Waals surface area contributed by atoms with Crippen LogP contribution in [0.1, 0.15) is 12.6 Å². The summed E-state index contributed by atoms with van der Waals surface area (Å²) in [6, 6.07) is 0.499. The molecule has 1 N–H and O–H groups in total. The number of nitrogens with zero attached hydrogens (tertiary/aromatic N) is 3. The van der Waals surface area contributed by atoms with Crippen molar-refractivity contribution in [3.63, 3.8) is 0 Å². The molecule has 0 aromatic carbocycles. The Bertz CT molecular complexity index is 313. The molecule has 14 heavy (non-hydrogen) atoms. The standard InChI is InChI=1S/C10H16N4/c1-8-7-11-5-6-14(8)10-9(2)12-3-4-13-10/h3-4,8,11H,5-7H2,1-2H3. The number of hydrogen-bond donors (Lipinski definition) is 1. The summed E-state index contributed by atoms with van der Waals surface area (Å²) in [5.74, 6) is 1.03. The van der Waals surface area contributed by atoms with Gasteiger partial charge in [0.2, 0.25) is 0 Å². The van der Waals surface area contributed by atoms with Gasteiger partial charge in [-0.25, -0.2) is 4.98 Å². The minimum Gasteiger partial charge on any atom is -0.350 e. The third-order valence-corrected chi connectivity index (χ3v) is 2.63. The van der Waals surface area contributed by atoms with Gasteiger partial charge in [-0.3, -0.25) is 4.98 Å². The fraction of sp³-hybridized carbons (Fsp3) is 0.600. The van der Waals surface area contributed by atoms with Crippen LogP contribution in [0.2, 0.25) is 0 Å². The minimum absolute atomic E-state index is 0.499. The van der Waals surface area contributed by atoms with Gasteiger partial charge in [0.05, 0.1) is 5.69 Å². The first kappa shape index (κ1) is 9.40. The molecular formula is C10H16N4. The van der Waals surface area contributed by atoms with E-state index in [0.717, 1.165) is 31.1 Å². The zero-order chi connectivity index (χ0) is 9.97. The SMILES string of the molecule is Cc1nccnc1N1CCNCC1C. The molecule has 0 saturated carbocycles. The van der Waals surface area contributed by atoms with Gasteiger partial charge in [-0.2, -0.15) is 0 Å². The van der Waals surface area contributed by atoms with Crippen molar-refractivity contribution in [2.24, 2.45) is 0 Å². The Kier molecular flexibility index (Phi) is 2.63. The third kappa shape index (κ3) is 1.70. The molecule has 1 saturated heterocycles. The molecule has 4 nitrogen and oxygen atoms in total. The zero-order valence-electron chi connectivity index (χ0n) is 8.70. The summed E-state index contributed by atoms with van der Waals surface area (Å²) in [6.07, 6.45) is 3.50. The molecule has 0 amide bonds. The lowest BCUT2D eigenvalue weighted by Crippen LogP contribution is -2.50. The van der Waals surface area contributed by atoms with Crippen molar-refractivity contribution in [2.75, 3.05) is 24.5 Å². The fourth-order valence-corrected chi connectivity index (χ4v) is 1.84. The van der Waals surface area contributed by atoms with Gasteiger partial charge in [0.1, 0.15) is 5.82 Å². The second kappa shape index (κ2) is 3.92. The Morgan fingerprint density at radius 1 is 1.43 bits per heavy atom. The second-order valence-corrected chi connectivity index (χ2v) is 3.71. The van der Waals surface area contributed by atoms with E-state index in [1.165, 1.54) is 0 Å². The molecule has 1 atom stereocenters. The number of anilines is 1. The van der Waals surface area contributed by atoms with Gasteiger partial charge >= 0.3 is 0 Å². The van der Waals surface area contributed by atoms with Crippen molar-refractivity contribution >= 4 is 5.82 Å². The van der Waals surface area contributed by atoms with E-state index < -0.39 is 0 Å². The van der Waals surface area contributed by atoms with E-state index in [1.54, 1.807) is 12.4 Å². The molecule has 2 rings (SSSR count). The average Bonchev–Trinajstić information content (AvgIpc) is 2.20. The molecule has 1 aromatic rings. The van der Waals surface area contributed by atoms with E-state index in [2.05, 4.69) is 27.1 Å². The van der Waals surface area contributed by atoms with Crippen LogP contribution in [0.25, 0.3) is 0 Å². The van der Waals surface area contributed by atoms with E-state index in [9.17, 15) is 0 Å². The van der Waals surface area contributed by atoms with Gasteiger partial charge in [0.25, 0.3) is 0 Å². The van der Waals surface area contributed by atoms with Crippen LogP contribution in [0.15, 0.2) is 12.4 Å².